The lowest BCUT2D eigenvalue weighted by Gasteiger charge is -2.11. The average molecular weight is 336 g/mol. The van der Waals surface area contributed by atoms with E-state index < -0.39 is 16.0 Å². The van der Waals surface area contributed by atoms with Gasteiger partial charge in [0.15, 0.2) is 0 Å². The highest BCUT2D eigenvalue weighted by Gasteiger charge is 2.16. The van der Waals surface area contributed by atoms with Crippen LogP contribution in [0, 0.1) is 5.92 Å². The molecule has 18 heavy (non-hydrogen) atoms. The van der Waals surface area contributed by atoms with Crippen LogP contribution in [-0.4, -0.2) is 26.0 Å². The SMILES string of the molecule is CC(CNS(=O)(=O)c1ccc(Br)cc1)CC(=O)O. The number of sulfonamides is 1. The number of halogens is 1. The van der Waals surface area contributed by atoms with Crippen LogP contribution in [0.4, 0.5) is 0 Å². The molecule has 1 unspecified atom stereocenters. The fourth-order valence-corrected chi connectivity index (χ4v) is 2.75. The number of hydrogen-bond donors (Lipinski definition) is 2. The summed E-state index contributed by atoms with van der Waals surface area (Å²) in [4.78, 5) is 10.6. The molecule has 0 aliphatic carbocycles. The number of rotatable bonds is 6. The Hall–Kier alpha value is -0.920. The van der Waals surface area contributed by atoms with Crippen molar-refractivity contribution < 1.29 is 18.3 Å². The zero-order valence-electron chi connectivity index (χ0n) is 9.76. The molecule has 1 rings (SSSR count). The Morgan fingerprint density at radius 2 is 1.94 bits per heavy atom. The minimum Gasteiger partial charge on any atom is -0.481 e. The lowest BCUT2D eigenvalue weighted by atomic mass is 10.1. The van der Waals surface area contributed by atoms with Crippen molar-refractivity contribution in [1.82, 2.24) is 4.72 Å². The summed E-state index contributed by atoms with van der Waals surface area (Å²) < 4.78 is 26.9. The monoisotopic (exact) mass is 335 g/mol. The summed E-state index contributed by atoms with van der Waals surface area (Å²) in [6.07, 6.45) is -0.0666. The second-order valence-electron chi connectivity index (χ2n) is 4.01. The molecule has 0 aliphatic heterocycles. The molecule has 7 heteroatoms. The molecular formula is C11H14BrNO4S. The van der Waals surface area contributed by atoms with Gasteiger partial charge in [-0.2, -0.15) is 0 Å². The largest absolute Gasteiger partial charge is 0.481 e. The van der Waals surface area contributed by atoms with E-state index in [1.54, 1.807) is 19.1 Å². The molecule has 0 fully saturated rings. The van der Waals surface area contributed by atoms with Gasteiger partial charge >= 0.3 is 5.97 Å². The summed E-state index contributed by atoms with van der Waals surface area (Å²) in [5, 5.41) is 8.58. The molecule has 100 valence electrons. The second kappa shape index (κ2) is 6.31. The zero-order chi connectivity index (χ0) is 13.8. The zero-order valence-corrected chi connectivity index (χ0v) is 12.2. The number of carboxylic acid groups (broad SMARTS) is 1. The standard InChI is InChI=1S/C11H14BrNO4S/c1-8(6-11(14)15)7-13-18(16,17)10-4-2-9(12)3-5-10/h2-5,8,13H,6-7H2,1H3,(H,14,15). The van der Waals surface area contributed by atoms with E-state index in [4.69, 9.17) is 5.11 Å². The third-order valence-corrected chi connectivity index (χ3v) is 4.24. The number of hydrogen-bond acceptors (Lipinski definition) is 3. The lowest BCUT2D eigenvalue weighted by Crippen LogP contribution is -2.29. The number of carbonyl (C=O) groups is 1. The molecule has 1 atom stereocenters. The van der Waals surface area contributed by atoms with E-state index >= 15 is 0 Å². The van der Waals surface area contributed by atoms with Crippen LogP contribution in [0.5, 0.6) is 0 Å². The van der Waals surface area contributed by atoms with Gasteiger partial charge in [-0.25, -0.2) is 13.1 Å². The van der Waals surface area contributed by atoms with E-state index in [0.29, 0.717) is 0 Å². The van der Waals surface area contributed by atoms with Gasteiger partial charge in [0.25, 0.3) is 0 Å². The van der Waals surface area contributed by atoms with Gasteiger partial charge in [0.1, 0.15) is 0 Å². The van der Waals surface area contributed by atoms with Crippen LogP contribution in [0.15, 0.2) is 33.6 Å². The molecule has 2 N–H and O–H groups in total. The van der Waals surface area contributed by atoms with Crippen molar-refractivity contribution in [2.24, 2.45) is 5.92 Å². The first-order valence-electron chi connectivity index (χ1n) is 5.28. The van der Waals surface area contributed by atoms with Gasteiger partial charge in [0.05, 0.1) is 4.90 Å². The van der Waals surface area contributed by atoms with Crippen molar-refractivity contribution in [1.29, 1.82) is 0 Å². The van der Waals surface area contributed by atoms with Crippen LogP contribution in [-0.2, 0) is 14.8 Å². The predicted molar refractivity (Wildman–Crippen MR) is 70.7 cm³/mol. The molecule has 0 aromatic heterocycles. The topological polar surface area (TPSA) is 83.5 Å². The Morgan fingerprint density at radius 1 is 1.39 bits per heavy atom. The van der Waals surface area contributed by atoms with Crippen molar-refractivity contribution in [2.75, 3.05) is 6.54 Å². The minimum atomic E-state index is -3.57. The Morgan fingerprint density at radius 3 is 2.44 bits per heavy atom. The fraction of sp³-hybridized carbons (Fsp3) is 0.364. The minimum absolute atomic E-state index is 0.0666. The number of aliphatic carboxylic acids is 1. The molecular weight excluding hydrogens is 322 g/mol. The maximum Gasteiger partial charge on any atom is 0.303 e. The molecule has 1 aromatic rings. The van der Waals surface area contributed by atoms with E-state index in [0.717, 1.165) is 4.47 Å². The van der Waals surface area contributed by atoms with Gasteiger partial charge in [0, 0.05) is 17.4 Å². The molecule has 1 aromatic carbocycles. The van der Waals surface area contributed by atoms with Crippen molar-refractivity contribution in [3.63, 3.8) is 0 Å². The summed E-state index contributed by atoms with van der Waals surface area (Å²) in [5.41, 5.74) is 0. The number of benzene rings is 1. The van der Waals surface area contributed by atoms with Crippen molar-refractivity contribution in [3.8, 4) is 0 Å². The van der Waals surface area contributed by atoms with Gasteiger partial charge < -0.3 is 5.11 Å². The average Bonchev–Trinajstić information content (AvgIpc) is 2.26. The maximum absolute atomic E-state index is 11.9. The smallest absolute Gasteiger partial charge is 0.303 e. The van der Waals surface area contributed by atoms with Gasteiger partial charge in [-0.15, -0.1) is 0 Å². The van der Waals surface area contributed by atoms with Crippen molar-refractivity contribution in [3.05, 3.63) is 28.7 Å². The summed E-state index contributed by atoms with van der Waals surface area (Å²) in [6, 6.07) is 6.23. The molecule has 0 aliphatic rings. The summed E-state index contributed by atoms with van der Waals surface area (Å²) in [5.74, 6) is -1.20. The molecule has 0 radical (unpaired) electrons. The highest BCUT2D eigenvalue weighted by molar-refractivity contribution is 9.10. The van der Waals surface area contributed by atoms with Gasteiger partial charge in [0.2, 0.25) is 10.0 Å². The van der Waals surface area contributed by atoms with Crippen LogP contribution in [0.3, 0.4) is 0 Å². The van der Waals surface area contributed by atoms with Crippen LogP contribution < -0.4 is 4.72 Å². The van der Waals surface area contributed by atoms with Gasteiger partial charge in [-0.1, -0.05) is 22.9 Å². The van der Waals surface area contributed by atoms with Crippen LogP contribution >= 0.6 is 15.9 Å². The third-order valence-electron chi connectivity index (χ3n) is 2.27. The predicted octanol–water partition coefficient (Wildman–Crippen LogP) is 1.84. The lowest BCUT2D eigenvalue weighted by molar-refractivity contribution is -0.137. The highest BCUT2D eigenvalue weighted by Crippen LogP contribution is 2.14. The van der Waals surface area contributed by atoms with Crippen molar-refractivity contribution >= 4 is 31.9 Å². The quantitative estimate of drug-likeness (QED) is 0.830. The molecule has 0 saturated heterocycles. The molecule has 0 heterocycles. The molecule has 0 bridgehead atoms. The summed E-state index contributed by atoms with van der Waals surface area (Å²) >= 11 is 3.22. The molecule has 0 amide bonds. The molecule has 5 nitrogen and oxygen atoms in total. The first-order valence-corrected chi connectivity index (χ1v) is 7.56. The van der Waals surface area contributed by atoms with Crippen LogP contribution in [0.25, 0.3) is 0 Å². The maximum atomic E-state index is 11.9. The summed E-state index contributed by atoms with van der Waals surface area (Å²) in [6.45, 7) is 1.78. The van der Waals surface area contributed by atoms with Crippen LogP contribution in [0.2, 0.25) is 0 Å². The molecule has 0 spiro atoms. The normalized spacial score (nSPS) is 13.2. The van der Waals surface area contributed by atoms with Crippen molar-refractivity contribution in [2.45, 2.75) is 18.2 Å². The fourth-order valence-electron chi connectivity index (χ4n) is 1.32. The summed E-state index contributed by atoms with van der Waals surface area (Å²) in [7, 11) is -3.57. The Bertz CT molecular complexity index is 512. The number of nitrogens with one attached hydrogen (secondary N) is 1. The van der Waals surface area contributed by atoms with E-state index in [1.807, 2.05) is 0 Å². The van der Waals surface area contributed by atoms with Gasteiger partial charge in [-0.05, 0) is 30.2 Å². The first kappa shape index (κ1) is 15.1. The Balaban J connectivity index is 2.65. The van der Waals surface area contributed by atoms with E-state index in [2.05, 4.69) is 20.7 Å². The first-order chi connectivity index (χ1) is 8.31. The molecule has 0 saturated carbocycles. The number of carboxylic acids is 1. The van der Waals surface area contributed by atoms with E-state index in [1.165, 1.54) is 12.1 Å². The third kappa shape index (κ3) is 4.75. The van der Waals surface area contributed by atoms with E-state index in [-0.39, 0.29) is 23.8 Å². The Kier molecular flexibility index (Phi) is 5.30. The second-order valence-corrected chi connectivity index (χ2v) is 6.69. The van der Waals surface area contributed by atoms with Crippen LogP contribution in [0.1, 0.15) is 13.3 Å². The van der Waals surface area contributed by atoms with E-state index in [9.17, 15) is 13.2 Å². The Labute approximate surface area is 114 Å². The highest BCUT2D eigenvalue weighted by atomic mass is 79.9. The van der Waals surface area contributed by atoms with Gasteiger partial charge in [-0.3, -0.25) is 4.79 Å².